The number of ether oxygens (including phenoxy) is 1. The predicted molar refractivity (Wildman–Crippen MR) is 61.3 cm³/mol. The fraction of sp³-hybridized carbons (Fsp3) is 0.417. The molecule has 0 radical (unpaired) electrons. The molecule has 0 atom stereocenters. The van der Waals surface area contributed by atoms with Crippen molar-refractivity contribution < 1.29 is 9.53 Å². The van der Waals surface area contributed by atoms with Crippen LogP contribution in [0.5, 0.6) is 5.75 Å². The van der Waals surface area contributed by atoms with Crippen molar-refractivity contribution in [2.75, 3.05) is 0 Å². The van der Waals surface area contributed by atoms with Gasteiger partial charge in [0, 0.05) is 11.4 Å². The van der Waals surface area contributed by atoms with E-state index in [1.165, 1.54) is 0 Å². The molecule has 1 rings (SSSR count). The number of hydrogen-bond acceptors (Lipinski definition) is 2. The number of esters is 1. The molecule has 0 aliphatic rings. The van der Waals surface area contributed by atoms with Gasteiger partial charge in [-0.15, -0.1) is 0 Å². The zero-order valence-corrected chi connectivity index (χ0v) is 9.97. The summed E-state index contributed by atoms with van der Waals surface area (Å²) in [7, 11) is 0. The summed E-state index contributed by atoms with van der Waals surface area (Å²) < 4.78 is 5.21. The van der Waals surface area contributed by atoms with E-state index in [9.17, 15) is 4.79 Å². The van der Waals surface area contributed by atoms with E-state index < -0.39 is 0 Å². The molecule has 1 aromatic carbocycles. The van der Waals surface area contributed by atoms with Crippen LogP contribution < -0.4 is 4.74 Å². The Morgan fingerprint density at radius 2 is 2.13 bits per heavy atom. The first-order chi connectivity index (χ1) is 6.99. The zero-order valence-electron chi connectivity index (χ0n) is 9.21. The summed E-state index contributed by atoms with van der Waals surface area (Å²) in [6.45, 7) is 5.83. The minimum absolute atomic E-state index is 0.199. The molecule has 0 amide bonds. The second-order valence-corrected chi connectivity index (χ2v) is 4.42. The number of carbonyl (C=O) groups excluding carboxylic acids is 1. The van der Waals surface area contributed by atoms with Gasteiger partial charge in [-0.1, -0.05) is 25.4 Å². The molecule has 82 valence electrons. The van der Waals surface area contributed by atoms with Gasteiger partial charge >= 0.3 is 5.97 Å². The Hall–Kier alpha value is -1.02. The van der Waals surface area contributed by atoms with E-state index in [1.54, 1.807) is 18.2 Å². The Labute approximate surface area is 95.2 Å². The molecule has 0 aliphatic carbocycles. The number of halogens is 1. The minimum Gasteiger partial charge on any atom is -0.426 e. The molecule has 0 unspecified atom stereocenters. The lowest BCUT2D eigenvalue weighted by molar-refractivity contribution is -0.135. The number of hydrogen-bond donors (Lipinski definition) is 0. The van der Waals surface area contributed by atoms with Crippen LogP contribution in [0.3, 0.4) is 0 Å². The number of rotatable bonds is 3. The first-order valence-electron chi connectivity index (χ1n) is 4.96. The molecule has 0 spiro atoms. The lowest BCUT2D eigenvalue weighted by Crippen LogP contribution is -2.11. The maximum Gasteiger partial charge on any atom is 0.311 e. The highest BCUT2D eigenvalue weighted by atomic mass is 35.5. The van der Waals surface area contributed by atoms with Gasteiger partial charge in [0.1, 0.15) is 5.75 Å². The van der Waals surface area contributed by atoms with E-state index in [0.717, 1.165) is 5.56 Å². The third kappa shape index (κ3) is 3.92. The highest BCUT2D eigenvalue weighted by Crippen LogP contribution is 2.22. The SMILES string of the molecule is Cc1cc(Cl)ccc1OC(=O)CC(C)C. The Bertz CT molecular complexity index is 359. The summed E-state index contributed by atoms with van der Waals surface area (Å²) in [4.78, 5) is 11.4. The molecule has 0 saturated carbocycles. The maximum absolute atomic E-state index is 11.4. The summed E-state index contributed by atoms with van der Waals surface area (Å²) in [5, 5.41) is 0.649. The molecular formula is C12H15ClO2. The van der Waals surface area contributed by atoms with Gasteiger partial charge in [0.2, 0.25) is 0 Å². The van der Waals surface area contributed by atoms with Crippen LogP contribution >= 0.6 is 11.6 Å². The molecule has 2 nitrogen and oxygen atoms in total. The fourth-order valence-corrected chi connectivity index (χ4v) is 1.45. The van der Waals surface area contributed by atoms with Crippen molar-refractivity contribution >= 4 is 17.6 Å². The average molecular weight is 227 g/mol. The fourth-order valence-electron chi connectivity index (χ4n) is 1.22. The van der Waals surface area contributed by atoms with Crippen LogP contribution in [0.25, 0.3) is 0 Å². The first kappa shape index (κ1) is 12.1. The average Bonchev–Trinajstić information content (AvgIpc) is 2.08. The Balaban J connectivity index is 2.68. The van der Waals surface area contributed by atoms with Gasteiger partial charge in [-0.2, -0.15) is 0 Å². The quantitative estimate of drug-likeness (QED) is 0.582. The van der Waals surface area contributed by atoms with Crippen LogP contribution in [-0.4, -0.2) is 5.97 Å². The first-order valence-corrected chi connectivity index (χ1v) is 5.33. The van der Waals surface area contributed by atoms with Crippen molar-refractivity contribution in [3.05, 3.63) is 28.8 Å². The largest absolute Gasteiger partial charge is 0.426 e. The Kier molecular flexibility index (Phi) is 4.15. The van der Waals surface area contributed by atoms with Crippen LogP contribution in [-0.2, 0) is 4.79 Å². The lowest BCUT2D eigenvalue weighted by Gasteiger charge is -2.08. The third-order valence-electron chi connectivity index (χ3n) is 1.94. The topological polar surface area (TPSA) is 26.3 Å². The highest BCUT2D eigenvalue weighted by Gasteiger charge is 2.09. The summed E-state index contributed by atoms with van der Waals surface area (Å²) in [5.74, 6) is 0.700. The number of carbonyl (C=O) groups is 1. The molecule has 0 fully saturated rings. The molecule has 0 heterocycles. The van der Waals surface area contributed by atoms with E-state index in [2.05, 4.69) is 0 Å². The van der Waals surface area contributed by atoms with E-state index in [1.807, 2.05) is 20.8 Å². The normalized spacial score (nSPS) is 10.5. The smallest absolute Gasteiger partial charge is 0.311 e. The van der Waals surface area contributed by atoms with Gasteiger partial charge in [0.05, 0.1) is 0 Å². The summed E-state index contributed by atoms with van der Waals surface area (Å²) >= 11 is 5.80. The van der Waals surface area contributed by atoms with Gasteiger partial charge in [-0.25, -0.2) is 0 Å². The second-order valence-electron chi connectivity index (χ2n) is 3.98. The van der Waals surface area contributed by atoms with Crippen molar-refractivity contribution in [1.82, 2.24) is 0 Å². The van der Waals surface area contributed by atoms with Gasteiger partial charge in [-0.05, 0) is 36.6 Å². The number of aryl methyl sites for hydroxylation is 1. The molecule has 0 N–H and O–H groups in total. The molecule has 15 heavy (non-hydrogen) atoms. The highest BCUT2D eigenvalue weighted by molar-refractivity contribution is 6.30. The van der Waals surface area contributed by atoms with Crippen LogP contribution in [0.1, 0.15) is 25.8 Å². The van der Waals surface area contributed by atoms with Crippen molar-refractivity contribution in [3.63, 3.8) is 0 Å². The summed E-state index contributed by atoms with van der Waals surface area (Å²) in [6, 6.07) is 5.21. The Morgan fingerprint density at radius 3 is 2.67 bits per heavy atom. The van der Waals surface area contributed by atoms with Crippen molar-refractivity contribution in [3.8, 4) is 5.75 Å². The van der Waals surface area contributed by atoms with Crippen LogP contribution in [0.2, 0.25) is 5.02 Å². The van der Waals surface area contributed by atoms with Crippen LogP contribution in [0.15, 0.2) is 18.2 Å². The standard InChI is InChI=1S/C12H15ClO2/c1-8(2)6-12(14)15-11-5-4-10(13)7-9(11)3/h4-5,7-8H,6H2,1-3H3. The van der Waals surface area contributed by atoms with Crippen LogP contribution in [0, 0.1) is 12.8 Å². The molecule has 0 aromatic heterocycles. The van der Waals surface area contributed by atoms with Gasteiger partial charge in [0.15, 0.2) is 0 Å². The van der Waals surface area contributed by atoms with Crippen molar-refractivity contribution in [1.29, 1.82) is 0 Å². The van der Waals surface area contributed by atoms with Crippen molar-refractivity contribution in [2.45, 2.75) is 27.2 Å². The van der Waals surface area contributed by atoms with Crippen LogP contribution in [0.4, 0.5) is 0 Å². The molecule has 0 aliphatic heterocycles. The molecule has 0 bridgehead atoms. The van der Waals surface area contributed by atoms with Gasteiger partial charge < -0.3 is 4.74 Å². The Morgan fingerprint density at radius 1 is 1.47 bits per heavy atom. The van der Waals surface area contributed by atoms with E-state index in [-0.39, 0.29) is 5.97 Å². The van der Waals surface area contributed by atoms with E-state index in [0.29, 0.717) is 23.1 Å². The van der Waals surface area contributed by atoms with E-state index in [4.69, 9.17) is 16.3 Å². The van der Waals surface area contributed by atoms with E-state index >= 15 is 0 Å². The third-order valence-corrected chi connectivity index (χ3v) is 2.17. The van der Waals surface area contributed by atoms with Crippen molar-refractivity contribution in [2.24, 2.45) is 5.92 Å². The zero-order chi connectivity index (χ0) is 11.4. The molecule has 0 saturated heterocycles. The summed E-state index contributed by atoms with van der Waals surface area (Å²) in [5.41, 5.74) is 0.875. The van der Waals surface area contributed by atoms with Gasteiger partial charge in [0.25, 0.3) is 0 Å². The monoisotopic (exact) mass is 226 g/mol. The summed E-state index contributed by atoms with van der Waals surface area (Å²) in [6.07, 6.45) is 0.433. The minimum atomic E-state index is -0.199. The molecule has 3 heteroatoms. The molecular weight excluding hydrogens is 212 g/mol. The maximum atomic E-state index is 11.4. The predicted octanol–water partition coefficient (Wildman–Crippen LogP) is 3.60. The lowest BCUT2D eigenvalue weighted by atomic mass is 10.1. The second kappa shape index (κ2) is 5.17. The molecule has 1 aromatic rings. The van der Waals surface area contributed by atoms with Gasteiger partial charge in [-0.3, -0.25) is 4.79 Å². The number of benzene rings is 1.